The first kappa shape index (κ1) is 15.7. The highest BCUT2D eigenvalue weighted by molar-refractivity contribution is 7.91. The maximum absolute atomic E-state index is 11.5. The van der Waals surface area contributed by atoms with Gasteiger partial charge in [-0.3, -0.25) is 0 Å². The van der Waals surface area contributed by atoms with Crippen LogP contribution >= 0.6 is 11.5 Å². The Labute approximate surface area is 125 Å². The number of sulfone groups is 1. The third kappa shape index (κ3) is 4.15. The topological polar surface area (TPSA) is 72.0 Å². The van der Waals surface area contributed by atoms with E-state index in [0.717, 1.165) is 43.2 Å². The molecule has 1 heterocycles. The summed E-state index contributed by atoms with van der Waals surface area (Å²) in [6.07, 6.45) is 4.88. The minimum atomic E-state index is -2.86. The van der Waals surface area contributed by atoms with Crippen LogP contribution in [0.25, 0.3) is 0 Å². The lowest BCUT2D eigenvalue weighted by atomic mass is 9.89. The van der Waals surface area contributed by atoms with Crippen molar-refractivity contribution < 1.29 is 8.42 Å². The molecule has 0 atom stereocenters. The van der Waals surface area contributed by atoms with Crippen molar-refractivity contribution >= 4 is 26.5 Å². The van der Waals surface area contributed by atoms with Crippen LogP contribution in [0.3, 0.4) is 0 Å². The molecular formula is C13H23N3O2S2. The van der Waals surface area contributed by atoms with Gasteiger partial charge in [-0.1, -0.05) is 13.8 Å². The molecule has 1 aliphatic rings. The monoisotopic (exact) mass is 317 g/mol. The third-order valence-electron chi connectivity index (χ3n) is 3.90. The van der Waals surface area contributed by atoms with E-state index in [1.54, 1.807) is 0 Å². The highest BCUT2D eigenvalue weighted by atomic mass is 32.2. The number of hydrogen-bond donors (Lipinski definition) is 1. The summed E-state index contributed by atoms with van der Waals surface area (Å²) < 4.78 is 27.3. The largest absolute Gasteiger partial charge is 0.360 e. The Hall–Kier alpha value is -0.690. The predicted molar refractivity (Wildman–Crippen MR) is 83.1 cm³/mol. The predicted octanol–water partition coefficient (Wildman–Crippen LogP) is 2.68. The second-order valence-corrected chi connectivity index (χ2v) is 9.04. The van der Waals surface area contributed by atoms with Crippen LogP contribution in [-0.4, -0.2) is 35.8 Å². The molecule has 0 aliphatic heterocycles. The number of nitrogens with zero attached hydrogens (tertiary/aromatic N) is 2. The Morgan fingerprint density at radius 2 is 1.95 bits per heavy atom. The maximum Gasteiger partial charge on any atom is 0.202 e. The van der Waals surface area contributed by atoms with Crippen LogP contribution in [-0.2, 0) is 9.84 Å². The molecule has 1 N–H and O–H groups in total. The van der Waals surface area contributed by atoms with Crippen molar-refractivity contribution in [1.82, 2.24) is 9.36 Å². The van der Waals surface area contributed by atoms with Gasteiger partial charge in [0, 0.05) is 30.3 Å². The van der Waals surface area contributed by atoms with Crippen molar-refractivity contribution in [2.75, 3.05) is 18.1 Å². The number of rotatable bonds is 5. The minimum Gasteiger partial charge on any atom is -0.360 e. The van der Waals surface area contributed by atoms with Crippen molar-refractivity contribution in [1.29, 1.82) is 0 Å². The zero-order valence-corrected chi connectivity index (χ0v) is 13.9. The molecule has 5 nitrogen and oxygen atoms in total. The molecule has 114 valence electrons. The second-order valence-electron chi connectivity index (χ2n) is 5.97. The lowest BCUT2D eigenvalue weighted by Crippen LogP contribution is -2.28. The van der Waals surface area contributed by atoms with Gasteiger partial charge in [0.2, 0.25) is 5.13 Å². The molecular weight excluding hydrogens is 294 g/mol. The Balaban J connectivity index is 1.78. The molecule has 0 radical (unpaired) electrons. The van der Waals surface area contributed by atoms with Gasteiger partial charge in [0.15, 0.2) is 0 Å². The Morgan fingerprint density at radius 3 is 2.45 bits per heavy atom. The van der Waals surface area contributed by atoms with E-state index in [2.05, 4.69) is 28.5 Å². The fourth-order valence-corrected chi connectivity index (χ4v) is 4.38. The number of aromatic nitrogens is 2. The SMILES string of the molecule is CC(C)c1nsc(NCC2CCC(S(C)(=O)=O)CC2)n1. The molecule has 2 rings (SSSR count). The minimum absolute atomic E-state index is 0.132. The van der Waals surface area contributed by atoms with E-state index in [0.29, 0.717) is 11.8 Å². The van der Waals surface area contributed by atoms with Crippen LogP contribution < -0.4 is 5.32 Å². The van der Waals surface area contributed by atoms with Gasteiger partial charge in [-0.2, -0.15) is 4.37 Å². The summed E-state index contributed by atoms with van der Waals surface area (Å²) in [7, 11) is -2.86. The van der Waals surface area contributed by atoms with Crippen molar-refractivity contribution in [2.45, 2.75) is 50.7 Å². The van der Waals surface area contributed by atoms with Gasteiger partial charge in [0.1, 0.15) is 15.7 Å². The summed E-state index contributed by atoms with van der Waals surface area (Å²) in [4.78, 5) is 4.45. The zero-order valence-electron chi connectivity index (χ0n) is 12.3. The van der Waals surface area contributed by atoms with Gasteiger partial charge >= 0.3 is 0 Å². The molecule has 20 heavy (non-hydrogen) atoms. The normalized spacial score (nSPS) is 24.0. The van der Waals surface area contributed by atoms with Crippen molar-refractivity contribution in [3.63, 3.8) is 0 Å². The average Bonchev–Trinajstić information content (AvgIpc) is 2.85. The smallest absolute Gasteiger partial charge is 0.202 e. The Kier molecular flexibility index (Phi) is 5.01. The first-order valence-corrected chi connectivity index (χ1v) is 9.85. The summed E-state index contributed by atoms with van der Waals surface area (Å²) >= 11 is 1.40. The van der Waals surface area contributed by atoms with E-state index in [1.807, 2.05) is 0 Å². The summed E-state index contributed by atoms with van der Waals surface area (Å²) in [6.45, 7) is 5.03. The molecule has 1 fully saturated rings. The van der Waals surface area contributed by atoms with Gasteiger partial charge in [0.05, 0.1) is 5.25 Å². The van der Waals surface area contributed by atoms with Crippen LogP contribution in [0, 0.1) is 5.92 Å². The van der Waals surface area contributed by atoms with Gasteiger partial charge in [0.25, 0.3) is 0 Å². The van der Waals surface area contributed by atoms with Crippen LogP contribution in [0.1, 0.15) is 51.3 Å². The molecule has 0 saturated heterocycles. The van der Waals surface area contributed by atoms with Crippen LogP contribution in [0.5, 0.6) is 0 Å². The molecule has 7 heteroatoms. The van der Waals surface area contributed by atoms with Crippen molar-refractivity contribution in [2.24, 2.45) is 5.92 Å². The number of anilines is 1. The first-order valence-electron chi connectivity index (χ1n) is 7.12. The van der Waals surface area contributed by atoms with E-state index in [-0.39, 0.29) is 5.25 Å². The molecule has 0 spiro atoms. The fraction of sp³-hybridized carbons (Fsp3) is 0.846. The summed E-state index contributed by atoms with van der Waals surface area (Å²) in [5.74, 6) is 1.78. The van der Waals surface area contributed by atoms with E-state index in [4.69, 9.17) is 0 Å². The molecule has 1 aromatic rings. The quantitative estimate of drug-likeness (QED) is 0.904. The molecule has 0 aromatic carbocycles. The number of nitrogens with one attached hydrogen (secondary N) is 1. The molecule has 1 aromatic heterocycles. The molecule has 1 aliphatic carbocycles. The maximum atomic E-state index is 11.5. The van der Waals surface area contributed by atoms with Crippen LogP contribution in [0.4, 0.5) is 5.13 Å². The Bertz CT molecular complexity index is 532. The van der Waals surface area contributed by atoms with Crippen LogP contribution in [0.15, 0.2) is 0 Å². The first-order chi connectivity index (χ1) is 9.36. The Morgan fingerprint density at radius 1 is 1.30 bits per heavy atom. The zero-order chi connectivity index (χ0) is 14.8. The summed E-state index contributed by atoms with van der Waals surface area (Å²) in [6, 6.07) is 0. The fourth-order valence-electron chi connectivity index (χ4n) is 2.54. The third-order valence-corrected chi connectivity index (χ3v) is 6.27. The molecule has 0 unspecified atom stereocenters. The lowest BCUT2D eigenvalue weighted by molar-refractivity contribution is 0.372. The van der Waals surface area contributed by atoms with Gasteiger partial charge in [-0.05, 0) is 31.6 Å². The van der Waals surface area contributed by atoms with Gasteiger partial charge in [-0.15, -0.1) is 0 Å². The van der Waals surface area contributed by atoms with E-state index in [1.165, 1.54) is 17.8 Å². The van der Waals surface area contributed by atoms with E-state index in [9.17, 15) is 8.42 Å². The van der Waals surface area contributed by atoms with E-state index >= 15 is 0 Å². The summed E-state index contributed by atoms with van der Waals surface area (Å²) in [5, 5.41) is 4.08. The summed E-state index contributed by atoms with van der Waals surface area (Å²) in [5.41, 5.74) is 0. The van der Waals surface area contributed by atoms with Crippen LogP contribution in [0.2, 0.25) is 0 Å². The molecule has 0 bridgehead atoms. The highest BCUT2D eigenvalue weighted by Gasteiger charge is 2.27. The number of hydrogen-bond acceptors (Lipinski definition) is 6. The second kappa shape index (κ2) is 6.39. The van der Waals surface area contributed by atoms with Gasteiger partial charge < -0.3 is 5.32 Å². The highest BCUT2D eigenvalue weighted by Crippen LogP contribution is 2.28. The van der Waals surface area contributed by atoms with Gasteiger partial charge in [-0.25, -0.2) is 13.4 Å². The molecule has 1 saturated carbocycles. The van der Waals surface area contributed by atoms with Crippen molar-refractivity contribution in [3.8, 4) is 0 Å². The molecule has 0 amide bonds. The average molecular weight is 317 g/mol. The van der Waals surface area contributed by atoms with Crippen molar-refractivity contribution in [3.05, 3.63) is 5.82 Å². The van der Waals surface area contributed by atoms with E-state index < -0.39 is 9.84 Å². The lowest BCUT2D eigenvalue weighted by Gasteiger charge is -2.27. The standard InChI is InChI=1S/C13H23N3O2S2/c1-9(2)12-15-13(19-16-12)14-8-10-4-6-11(7-5-10)20(3,17)18/h9-11H,4-8H2,1-3H3,(H,14,15,16).